The van der Waals surface area contributed by atoms with Gasteiger partial charge in [0.25, 0.3) is 0 Å². The molecule has 0 radical (unpaired) electrons. The molecule has 2 atom stereocenters. The number of carbonyl (C=O) groups excluding carboxylic acids is 1. The van der Waals surface area contributed by atoms with Crippen LogP contribution in [0.5, 0.6) is 0 Å². The molecular formula is C12H12BrNO4. The minimum atomic E-state index is -1.07. The monoisotopic (exact) mass is 313 g/mol. The molecule has 1 heterocycles. The third-order valence-corrected chi connectivity index (χ3v) is 3.41. The highest BCUT2D eigenvalue weighted by molar-refractivity contribution is 9.10. The lowest BCUT2D eigenvalue weighted by Gasteiger charge is -2.36. The van der Waals surface area contributed by atoms with Crippen molar-refractivity contribution in [1.82, 2.24) is 4.90 Å². The van der Waals surface area contributed by atoms with Crippen LogP contribution in [0.3, 0.4) is 0 Å². The summed E-state index contributed by atoms with van der Waals surface area (Å²) in [7, 11) is 1.48. The SMILES string of the molecule is CN1C(=O)COC(c2cccc(Br)c2)C1C(=O)O. The average Bonchev–Trinajstić information content (AvgIpc) is 2.32. The standard InChI is InChI=1S/C12H12BrNO4/c1-14-9(15)6-18-11(10(14)12(16)17)7-3-2-4-8(13)5-7/h2-5,10-11H,6H2,1H3,(H,16,17). The molecule has 0 spiro atoms. The number of amides is 1. The molecular weight excluding hydrogens is 302 g/mol. The number of rotatable bonds is 2. The van der Waals surface area contributed by atoms with Crippen LogP contribution in [-0.4, -0.2) is 41.6 Å². The molecule has 1 aliphatic heterocycles. The van der Waals surface area contributed by atoms with Gasteiger partial charge in [-0.3, -0.25) is 4.79 Å². The fourth-order valence-corrected chi connectivity index (χ4v) is 2.39. The van der Waals surface area contributed by atoms with E-state index in [9.17, 15) is 14.7 Å². The molecule has 1 aromatic carbocycles. The molecule has 0 aliphatic carbocycles. The molecule has 2 unspecified atom stereocenters. The van der Waals surface area contributed by atoms with E-state index in [-0.39, 0.29) is 12.5 Å². The lowest BCUT2D eigenvalue weighted by molar-refractivity contribution is -0.169. The van der Waals surface area contributed by atoms with Crippen molar-refractivity contribution in [2.45, 2.75) is 12.1 Å². The van der Waals surface area contributed by atoms with Crippen LogP contribution in [0.2, 0.25) is 0 Å². The number of hydrogen-bond acceptors (Lipinski definition) is 3. The van der Waals surface area contributed by atoms with Crippen molar-refractivity contribution in [2.75, 3.05) is 13.7 Å². The zero-order valence-electron chi connectivity index (χ0n) is 9.67. The zero-order chi connectivity index (χ0) is 13.3. The van der Waals surface area contributed by atoms with E-state index in [1.54, 1.807) is 18.2 Å². The fourth-order valence-electron chi connectivity index (χ4n) is 1.97. The van der Waals surface area contributed by atoms with Gasteiger partial charge in [0.2, 0.25) is 5.91 Å². The Labute approximate surface area is 112 Å². The first-order valence-corrected chi connectivity index (χ1v) is 6.15. The van der Waals surface area contributed by atoms with Crippen molar-refractivity contribution in [1.29, 1.82) is 0 Å². The minimum Gasteiger partial charge on any atom is -0.480 e. The number of ether oxygens (including phenoxy) is 1. The lowest BCUT2D eigenvalue weighted by atomic mass is 9.99. The molecule has 6 heteroatoms. The summed E-state index contributed by atoms with van der Waals surface area (Å²) < 4.78 is 6.22. The molecule has 1 fully saturated rings. The van der Waals surface area contributed by atoms with Crippen molar-refractivity contribution in [3.8, 4) is 0 Å². The molecule has 96 valence electrons. The highest BCUT2D eigenvalue weighted by Crippen LogP contribution is 2.29. The maximum Gasteiger partial charge on any atom is 0.329 e. The van der Waals surface area contributed by atoms with Crippen molar-refractivity contribution >= 4 is 27.8 Å². The number of halogens is 1. The van der Waals surface area contributed by atoms with Crippen LogP contribution in [0.25, 0.3) is 0 Å². The normalized spacial score (nSPS) is 24.1. The number of morpholine rings is 1. The van der Waals surface area contributed by atoms with Gasteiger partial charge in [0, 0.05) is 11.5 Å². The molecule has 0 saturated carbocycles. The highest BCUT2D eigenvalue weighted by Gasteiger charge is 2.40. The first-order valence-electron chi connectivity index (χ1n) is 5.36. The van der Waals surface area contributed by atoms with Crippen molar-refractivity contribution < 1.29 is 19.4 Å². The van der Waals surface area contributed by atoms with Gasteiger partial charge in [0.15, 0.2) is 6.04 Å². The summed E-state index contributed by atoms with van der Waals surface area (Å²) in [5.74, 6) is -1.40. The van der Waals surface area contributed by atoms with Gasteiger partial charge in [-0.2, -0.15) is 0 Å². The Morgan fingerprint density at radius 3 is 2.89 bits per heavy atom. The van der Waals surface area contributed by atoms with Crippen molar-refractivity contribution in [3.63, 3.8) is 0 Å². The fraction of sp³-hybridized carbons (Fsp3) is 0.333. The van der Waals surface area contributed by atoms with E-state index in [0.717, 1.165) is 10.0 Å². The van der Waals surface area contributed by atoms with Gasteiger partial charge < -0.3 is 14.7 Å². The number of likely N-dealkylation sites (N-methyl/N-ethyl adjacent to an activating group) is 1. The molecule has 0 bridgehead atoms. The van der Waals surface area contributed by atoms with E-state index in [1.807, 2.05) is 6.07 Å². The van der Waals surface area contributed by atoms with Crippen molar-refractivity contribution in [2.24, 2.45) is 0 Å². The summed E-state index contributed by atoms with van der Waals surface area (Å²) in [5, 5.41) is 9.24. The van der Waals surface area contributed by atoms with Crippen LogP contribution >= 0.6 is 15.9 Å². The predicted molar refractivity (Wildman–Crippen MR) is 67.0 cm³/mol. The van der Waals surface area contributed by atoms with E-state index in [2.05, 4.69) is 15.9 Å². The lowest BCUT2D eigenvalue weighted by Crippen LogP contribution is -2.52. The molecule has 2 rings (SSSR count). The zero-order valence-corrected chi connectivity index (χ0v) is 11.3. The summed E-state index contributed by atoms with van der Waals surface area (Å²) in [5.41, 5.74) is 0.733. The Morgan fingerprint density at radius 2 is 2.28 bits per heavy atom. The van der Waals surface area contributed by atoms with Crippen LogP contribution in [0.1, 0.15) is 11.7 Å². The quantitative estimate of drug-likeness (QED) is 0.897. The first-order chi connectivity index (χ1) is 8.50. The predicted octanol–water partition coefficient (Wildman–Crippen LogP) is 1.43. The Balaban J connectivity index is 2.36. The van der Waals surface area contributed by atoms with Gasteiger partial charge in [-0.25, -0.2) is 4.79 Å². The van der Waals surface area contributed by atoms with Crippen LogP contribution in [0, 0.1) is 0 Å². The number of aliphatic carboxylic acids is 1. The second kappa shape index (κ2) is 5.07. The molecule has 1 aromatic rings. The van der Waals surface area contributed by atoms with Gasteiger partial charge in [0.05, 0.1) is 0 Å². The Bertz CT molecular complexity index is 491. The second-order valence-corrected chi connectivity index (χ2v) is 4.99. The molecule has 1 aliphatic rings. The van der Waals surface area contributed by atoms with Gasteiger partial charge in [-0.05, 0) is 17.7 Å². The molecule has 1 amide bonds. The molecule has 1 saturated heterocycles. The summed E-state index contributed by atoms with van der Waals surface area (Å²) in [6, 6.07) is 6.23. The van der Waals surface area contributed by atoms with Gasteiger partial charge in [0.1, 0.15) is 12.7 Å². The number of hydrogen-bond donors (Lipinski definition) is 1. The molecule has 0 aromatic heterocycles. The second-order valence-electron chi connectivity index (χ2n) is 4.07. The smallest absolute Gasteiger partial charge is 0.329 e. The Kier molecular flexibility index (Phi) is 3.68. The van der Waals surface area contributed by atoms with Gasteiger partial charge in [-0.1, -0.05) is 28.1 Å². The highest BCUT2D eigenvalue weighted by atomic mass is 79.9. The van der Waals surface area contributed by atoms with Crippen molar-refractivity contribution in [3.05, 3.63) is 34.3 Å². The first kappa shape index (κ1) is 13.0. The topological polar surface area (TPSA) is 66.8 Å². The maximum atomic E-state index is 11.5. The molecule has 1 N–H and O–H groups in total. The summed E-state index contributed by atoms with van der Waals surface area (Å²) in [4.78, 5) is 24.0. The van der Waals surface area contributed by atoms with E-state index in [4.69, 9.17) is 4.74 Å². The van der Waals surface area contributed by atoms with Crippen LogP contribution < -0.4 is 0 Å². The minimum absolute atomic E-state index is 0.0997. The summed E-state index contributed by atoms with van der Waals surface area (Å²) >= 11 is 3.33. The third kappa shape index (κ3) is 2.39. The van der Waals surface area contributed by atoms with Crippen LogP contribution in [0.4, 0.5) is 0 Å². The number of carboxylic acid groups (broad SMARTS) is 1. The number of carboxylic acids is 1. The molecule has 5 nitrogen and oxygen atoms in total. The van der Waals surface area contributed by atoms with E-state index < -0.39 is 18.1 Å². The Hall–Kier alpha value is -1.40. The number of nitrogens with zero attached hydrogens (tertiary/aromatic N) is 1. The maximum absolute atomic E-state index is 11.5. The van der Waals surface area contributed by atoms with E-state index in [1.165, 1.54) is 11.9 Å². The van der Waals surface area contributed by atoms with Gasteiger partial charge >= 0.3 is 5.97 Å². The Morgan fingerprint density at radius 1 is 1.56 bits per heavy atom. The largest absolute Gasteiger partial charge is 0.480 e. The number of benzene rings is 1. The number of carbonyl (C=O) groups is 2. The molecule has 18 heavy (non-hydrogen) atoms. The summed E-state index contributed by atoms with van der Waals surface area (Å²) in [6.07, 6.45) is -0.650. The van der Waals surface area contributed by atoms with Gasteiger partial charge in [-0.15, -0.1) is 0 Å². The summed E-state index contributed by atoms with van der Waals surface area (Å²) in [6.45, 7) is -0.0997. The van der Waals surface area contributed by atoms with Crippen LogP contribution in [0.15, 0.2) is 28.7 Å². The van der Waals surface area contributed by atoms with Crippen LogP contribution in [-0.2, 0) is 14.3 Å². The average molecular weight is 314 g/mol. The van der Waals surface area contributed by atoms with E-state index in [0.29, 0.717) is 0 Å². The third-order valence-electron chi connectivity index (χ3n) is 2.91. The van der Waals surface area contributed by atoms with E-state index >= 15 is 0 Å².